The van der Waals surface area contributed by atoms with Crippen LogP contribution in [0.5, 0.6) is 5.75 Å². The van der Waals surface area contributed by atoms with Gasteiger partial charge in [-0.2, -0.15) is 0 Å². The zero-order valence-corrected chi connectivity index (χ0v) is 21.3. The molecule has 1 saturated heterocycles. The summed E-state index contributed by atoms with van der Waals surface area (Å²) in [6.07, 6.45) is 0. The van der Waals surface area contributed by atoms with E-state index in [4.69, 9.17) is 4.74 Å². The van der Waals surface area contributed by atoms with Crippen LogP contribution >= 0.6 is 0 Å². The minimum absolute atomic E-state index is 0.123. The van der Waals surface area contributed by atoms with Crippen LogP contribution in [0.3, 0.4) is 0 Å². The molecule has 3 rings (SSSR count). The van der Waals surface area contributed by atoms with Crippen LogP contribution < -0.4 is 4.74 Å². The molecule has 1 unspecified atom stereocenters. The lowest BCUT2D eigenvalue weighted by atomic mass is 9.84. The summed E-state index contributed by atoms with van der Waals surface area (Å²) in [5.74, 6) is -0.662. The minimum atomic E-state index is -0.658. The molecule has 0 aromatic heterocycles. The highest BCUT2D eigenvalue weighted by Gasteiger charge is 2.46. The number of aliphatic hydroxyl groups excluding tert-OH is 1. The number of hydrogen-bond donors (Lipinski definition) is 1. The number of hydrogen-bond acceptors (Lipinski definition) is 5. The largest absolute Gasteiger partial charge is 0.507 e. The molecule has 182 valence electrons. The third kappa shape index (κ3) is 5.17. The summed E-state index contributed by atoms with van der Waals surface area (Å²) >= 11 is 0. The summed E-state index contributed by atoms with van der Waals surface area (Å²) in [4.78, 5) is 29.9. The van der Waals surface area contributed by atoms with E-state index >= 15 is 0 Å². The molecular formula is C28H36N2O4. The Morgan fingerprint density at radius 1 is 1.12 bits per heavy atom. The third-order valence-corrected chi connectivity index (χ3v) is 6.05. The first-order valence-electron chi connectivity index (χ1n) is 11.7. The Labute approximate surface area is 202 Å². The van der Waals surface area contributed by atoms with Gasteiger partial charge in [0, 0.05) is 24.2 Å². The average Bonchev–Trinajstić information content (AvgIpc) is 3.01. The maximum atomic E-state index is 13.2. The molecule has 1 atom stereocenters. The molecule has 1 aliphatic rings. The van der Waals surface area contributed by atoms with Gasteiger partial charge in [0.25, 0.3) is 11.7 Å². The Balaban J connectivity index is 2.20. The van der Waals surface area contributed by atoms with Crippen molar-refractivity contribution in [1.82, 2.24) is 9.80 Å². The first-order valence-corrected chi connectivity index (χ1v) is 11.7. The number of aryl methyl sites for hydroxylation is 1. The maximum absolute atomic E-state index is 13.2. The van der Waals surface area contributed by atoms with Gasteiger partial charge >= 0.3 is 0 Å². The lowest BCUT2D eigenvalue weighted by Gasteiger charge is -2.27. The summed E-state index contributed by atoms with van der Waals surface area (Å²) in [7, 11) is 3.85. The van der Waals surface area contributed by atoms with Crippen LogP contribution in [0.25, 0.3) is 5.76 Å². The van der Waals surface area contributed by atoms with E-state index < -0.39 is 17.7 Å². The molecule has 0 aliphatic carbocycles. The van der Waals surface area contributed by atoms with Crippen molar-refractivity contribution in [3.63, 3.8) is 0 Å². The highest BCUT2D eigenvalue weighted by atomic mass is 16.5. The second kappa shape index (κ2) is 10.0. The molecule has 34 heavy (non-hydrogen) atoms. The minimum Gasteiger partial charge on any atom is -0.507 e. The van der Waals surface area contributed by atoms with Crippen LogP contribution in [0, 0.1) is 6.92 Å². The number of benzene rings is 2. The lowest BCUT2D eigenvalue weighted by molar-refractivity contribution is -0.140. The third-order valence-electron chi connectivity index (χ3n) is 6.05. The van der Waals surface area contributed by atoms with Crippen LogP contribution in [-0.4, -0.2) is 60.4 Å². The second-order valence-electron chi connectivity index (χ2n) is 10.1. The Hall–Kier alpha value is -3.12. The summed E-state index contributed by atoms with van der Waals surface area (Å²) in [5, 5.41) is 11.4. The van der Waals surface area contributed by atoms with Gasteiger partial charge in [-0.15, -0.1) is 0 Å². The van der Waals surface area contributed by atoms with Crippen molar-refractivity contribution in [2.45, 2.75) is 46.1 Å². The smallest absolute Gasteiger partial charge is 0.295 e. The van der Waals surface area contributed by atoms with Gasteiger partial charge in [-0.05, 0) is 57.1 Å². The fraction of sp³-hybridized carbons (Fsp3) is 0.429. The molecule has 0 spiro atoms. The van der Waals surface area contributed by atoms with Gasteiger partial charge in [-0.25, -0.2) is 0 Å². The number of likely N-dealkylation sites (tertiary alicyclic amines) is 1. The van der Waals surface area contributed by atoms with Crippen molar-refractivity contribution in [3.05, 3.63) is 70.3 Å². The average molecular weight is 465 g/mol. The Kier molecular flexibility index (Phi) is 7.51. The van der Waals surface area contributed by atoms with Crippen LogP contribution in [0.4, 0.5) is 0 Å². The molecule has 1 heterocycles. The lowest BCUT2D eigenvalue weighted by Crippen LogP contribution is -2.35. The van der Waals surface area contributed by atoms with Gasteiger partial charge in [0.15, 0.2) is 0 Å². The number of carbonyl (C=O) groups excluding carboxylic acids is 2. The monoisotopic (exact) mass is 464 g/mol. The van der Waals surface area contributed by atoms with E-state index in [9.17, 15) is 14.7 Å². The standard InChI is InChI=1S/C28H36N2O4/c1-8-34-22-13-12-20(17-21(22)28(3,4)5)25(31)23-24(19-11-9-10-18(2)16-19)30(15-14-29(6)7)27(33)26(23)32/h9-13,16-17,24,31H,8,14-15H2,1-7H3/b25-23-. The van der Waals surface area contributed by atoms with Crippen molar-refractivity contribution < 1.29 is 19.4 Å². The van der Waals surface area contributed by atoms with E-state index in [1.165, 1.54) is 0 Å². The summed E-state index contributed by atoms with van der Waals surface area (Å²) in [6.45, 7) is 11.6. The number of rotatable bonds is 7. The quantitative estimate of drug-likeness (QED) is 0.366. The normalized spacial score (nSPS) is 18.1. The van der Waals surface area contributed by atoms with Crippen LogP contribution in [0.1, 0.15) is 56.0 Å². The topological polar surface area (TPSA) is 70.1 Å². The Morgan fingerprint density at radius 2 is 1.82 bits per heavy atom. The summed E-state index contributed by atoms with van der Waals surface area (Å²) in [5.41, 5.74) is 3.13. The molecule has 1 N–H and O–H groups in total. The zero-order chi connectivity index (χ0) is 25.2. The number of nitrogens with zero attached hydrogens (tertiary/aromatic N) is 2. The molecule has 1 amide bonds. The first-order chi connectivity index (χ1) is 16.0. The van der Waals surface area contributed by atoms with Crippen LogP contribution in [0.15, 0.2) is 48.0 Å². The van der Waals surface area contributed by atoms with Crippen molar-refractivity contribution in [2.24, 2.45) is 0 Å². The fourth-order valence-electron chi connectivity index (χ4n) is 4.31. The number of Topliss-reactive ketones (excluding diaryl/α,β-unsaturated/α-hetero) is 1. The number of ether oxygens (including phenoxy) is 1. The Bertz CT molecular complexity index is 1110. The van der Waals surface area contributed by atoms with Crippen molar-refractivity contribution in [1.29, 1.82) is 0 Å². The van der Waals surface area contributed by atoms with Gasteiger partial charge < -0.3 is 19.6 Å². The SMILES string of the molecule is CCOc1ccc(/C(O)=C2/C(=O)C(=O)N(CCN(C)C)C2c2cccc(C)c2)cc1C(C)(C)C. The van der Waals surface area contributed by atoms with Crippen molar-refractivity contribution in [2.75, 3.05) is 33.8 Å². The molecule has 6 nitrogen and oxygen atoms in total. The number of likely N-dealkylation sites (N-methyl/N-ethyl adjacent to an activating group) is 1. The zero-order valence-electron chi connectivity index (χ0n) is 21.3. The Morgan fingerprint density at radius 3 is 2.41 bits per heavy atom. The molecule has 6 heteroatoms. The highest BCUT2D eigenvalue weighted by Crippen LogP contribution is 2.41. The van der Waals surface area contributed by atoms with Gasteiger partial charge in [-0.1, -0.05) is 50.6 Å². The molecule has 2 aromatic rings. The van der Waals surface area contributed by atoms with E-state index in [0.717, 1.165) is 22.4 Å². The number of ketones is 1. The number of amides is 1. The van der Waals surface area contributed by atoms with E-state index in [0.29, 0.717) is 25.3 Å². The predicted molar refractivity (Wildman–Crippen MR) is 135 cm³/mol. The first kappa shape index (κ1) is 25.5. The number of carbonyl (C=O) groups is 2. The van der Waals surface area contributed by atoms with E-state index in [1.807, 2.05) is 69.2 Å². The molecule has 0 bridgehead atoms. The maximum Gasteiger partial charge on any atom is 0.295 e. The van der Waals surface area contributed by atoms with Gasteiger partial charge in [-0.3, -0.25) is 9.59 Å². The summed E-state index contributed by atoms with van der Waals surface area (Å²) < 4.78 is 5.81. The van der Waals surface area contributed by atoms with E-state index in [1.54, 1.807) is 11.0 Å². The predicted octanol–water partition coefficient (Wildman–Crippen LogP) is 4.67. The molecular weight excluding hydrogens is 428 g/mol. The molecule has 2 aromatic carbocycles. The van der Waals surface area contributed by atoms with Crippen LogP contribution in [-0.2, 0) is 15.0 Å². The van der Waals surface area contributed by atoms with Gasteiger partial charge in [0.1, 0.15) is 11.5 Å². The molecule has 1 fully saturated rings. The van der Waals surface area contributed by atoms with Gasteiger partial charge in [0.2, 0.25) is 0 Å². The van der Waals surface area contributed by atoms with Crippen molar-refractivity contribution in [3.8, 4) is 5.75 Å². The number of aliphatic hydroxyl groups is 1. The molecule has 1 aliphatic heterocycles. The molecule has 0 radical (unpaired) electrons. The van der Waals surface area contributed by atoms with E-state index in [2.05, 4.69) is 20.8 Å². The molecule has 0 saturated carbocycles. The van der Waals surface area contributed by atoms with E-state index in [-0.39, 0.29) is 16.7 Å². The fourth-order valence-corrected chi connectivity index (χ4v) is 4.31. The second-order valence-corrected chi connectivity index (χ2v) is 10.1. The summed E-state index contributed by atoms with van der Waals surface area (Å²) in [6, 6.07) is 12.5. The van der Waals surface area contributed by atoms with Gasteiger partial charge in [0.05, 0.1) is 18.2 Å². The highest BCUT2D eigenvalue weighted by molar-refractivity contribution is 6.46. The van der Waals surface area contributed by atoms with Crippen LogP contribution in [0.2, 0.25) is 0 Å². The van der Waals surface area contributed by atoms with Crippen molar-refractivity contribution >= 4 is 17.4 Å².